The summed E-state index contributed by atoms with van der Waals surface area (Å²) < 4.78 is 5.01. The molecule has 0 atom stereocenters. The standard InChI is InChI=1S/C59H42N2S/c1-2-12-43(13-3-1)61-55-18-8-5-15-49(55)50-32-25-42(37-56(50)61)40-22-28-45(29-23-40)60(46-30-33-52-51-16-6-9-19-57(51)62-58(52)38-46)44-26-20-39(21-27-44)41-24-31-48-47-14-4-7-17-53(47)59(54(48)36-41)34-10-11-35-59/h1-9,12-33,36-38H,10-11,34-35H2. The molecule has 2 aromatic heterocycles. The van der Waals surface area contributed by atoms with Crippen LogP contribution >= 0.6 is 11.3 Å². The van der Waals surface area contributed by atoms with Crippen LogP contribution in [0.1, 0.15) is 36.8 Å². The molecule has 11 aromatic rings. The smallest absolute Gasteiger partial charge is 0.0547 e. The Balaban J connectivity index is 0.899. The highest BCUT2D eigenvalue weighted by Crippen LogP contribution is 2.57. The molecule has 62 heavy (non-hydrogen) atoms. The van der Waals surface area contributed by atoms with Gasteiger partial charge in [-0.1, -0.05) is 146 Å². The summed E-state index contributed by atoms with van der Waals surface area (Å²) in [5.41, 5.74) is 18.0. The van der Waals surface area contributed by atoms with Crippen molar-refractivity contribution in [3.05, 3.63) is 217 Å². The van der Waals surface area contributed by atoms with Crippen molar-refractivity contribution in [2.45, 2.75) is 31.1 Å². The minimum absolute atomic E-state index is 0.155. The van der Waals surface area contributed by atoms with E-state index >= 15 is 0 Å². The van der Waals surface area contributed by atoms with E-state index in [9.17, 15) is 0 Å². The van der Waals surface area contributed by atoms with Crippen LogP contribution in [0, 0.1) is 0 Å². The van der Waals surface area contributed by atoms with Crippen LogP contribution < -0.4 is 4.90 Å². The van der Waals surface area contributed by atoms with E-state index in [-0.39, 0.29) is 5.41 Å². The number of anilines is 3. The van der Waals surface area contributed by atoms with Crippen LogP contribution in [-0.2, 0) is 5.41 Å². The van der Waals surface area contributed by atoms with E-state index in [1.165, 1.54) is 118 Å². The predicted octanol–water partition coefficient (Wildman–Crippen LogP) is 16.8. The summed E-state index contributed by atoms with van der Waals surface area (Å²) in [5, 5.41) is 5.16. The minimum Gasteiger partial charge on any atom is -0.310 e. The SMILES string of the molecule is c1ccc(-n2c3ccccc3c3ccc(-c4ccc(N(c5ccc(-c6ccc7c(c6)C6(CCCC6)c6ccccc6-7)cc5)c5ccc6c(c5)sc5ccccc56)cc4)cc32)cc1. The highest BCUT2D eigenvalue weighted by Gasteiger charge is 2.44. The molecule has 0 bridgehead atoms. The Labute approximate surface area is 365 Å². The van der Waals surface area contributed by atoms with Gasteiger partial charge in [-0.15, -0.1) is 11.3 Å². The van der Waals surface area contributed by atoms with Gasteiger partial charge in [0.1, 0.15) is 0 Å². The summed E-state index contributed by atoms with van der Waals surface area (Å²) in [6.07, 6.45) is 5.08. The molecule has 2 aliphatic carbocycles. The molecule has 2 nitrogen and oxygen atoms in total. The first kappa shape index (κ1) is 35.5. The molecule has 294 valence electrons. The van der Waals surface area contributed by atoms with Gasteiger partial charge in [-0.3, -0.25) is 0 Å². The molecule has 2 aliphatic rings. The summed E-state index contributed by atoms with van der Waals surface area (Å²) >= 11 is 1.87. The van der Waals surface area contributed by atoms with Crippen LogP contribution in [0.3, 0.4) is 0 Å². The fraction of sp³-hybridized carbons (Fsp3) is 0.0847. The average molecular weight is 811 g/mol. The first-order valence-electron chi connectivity index (χ1n) is 22.0. The Morgan fingerprint density at radius 2 is 0.952 bits per heavy atom. The molecular formula is C59H42N2S. The lowest BCUT2D eigenvalue weighted by atomic mass is 9.76. The Hall–Kier alpha value is -7.20. The first-order chi connectivity index (χ1) is 30.7. The van der Waals surface area contributed by atoms with Crippen LogP contribution in [0.15, 0.2) is 206 Å². The summed E-state index contributed by atoms with van der Waals surface area (Å²) in [6, 6.07) is 76.9. The van der Waals surface area contributed by atoms with E-state index < -0.39 is 0 Å². The van der Waals surface area contributed by atoms with Gasteiger partial charge in [0.15, 0.2) is 0 Å². The number of hydrogen-bond acceptors (Lipinski definition) is 2. The number of aromatic nitrogens is 1. The first-order valence-corrected chi connectivity index (χ1v) is 22.8. The molecule has 1 spiro atoms. The molecule has 1 fully saturated rings. The lowest BCUT2D eigenvalue weighted by Gasteiger charge is -2.27. The van der Waals surface area contributed by atoms with Crippen molar-refractivity contribution in [3.8, 4) is 39.1 Å². The summed E-state index contributed by atoms with van der Waals surface area (Å²) in [6.45, 7) is 0. The Morgan fingerprint density at radius 3 is 1.74 bits per heavy atom. The van der Waals surface area contributed by atoms with E-state index in [0.717, 1.165) is 17.1 Å². The Morgan fingerprint density at radius 1 is 0.387 bits per heavy atom. The zero-order chi connectivity index (χ0) is 40.8. The average Bonchev–Trinajstić information content (AvgIpc) is 4.12. The van der Waals surface area contributed by atoms with Crippen LogP contribution in [0.2, 0.25) is 0 Å². The third-order valence-corrected chi connectivity index (χ3v) is 15.1. The van der Waals surface area contributed by atoms with E-state index in [1.807, 2.05) is 11.3 Å². The van der Waals surface area contributed by atoms with Crippen molar-refractivity contribution in [1.29, 1.82) is 0 Å². The lowest BCUT2D eigenvalue weighted by Crippen LogP contribution is -2.20. The second kappa shape index (κ2) is 13.9. The zero-order valence-corrected chi connectivity index (χ0v) is 35.1. The van der Waals surface area contributed by atoms with E-state index in [1.54, 1.807) is 0 Å². The number of fused-ring (bicyclic) bond motifs is 11. The van der Waals surface area contributed by atoms with Crippen LogP contribution in [0.25, 0.3) is 81.0 Å². The van der Waals surface area contributed by atoms with Crippen LogP contribution in [0.5, 0.6) is 0 Å². The highest BCUT2D eigenvalue weighted by molar-refractivity contribution is 7.25. The monoisotopic (exact) mass is 810 g/mol. The number of hydrogen-bond donors (Lipinski definition) is 0. The van der Waals surface area contributed by atoms with Gasteiger partial charge >= 0.3 is 0 Å². The fourth-order valence-corrected chi connectivity index (χ4v) is 12.2. The lowest BCUT2D eigenvalue weighted by molar-refractivity contribution is 0.550. The number of benzene rings is 9. The Kier molecular flexibility index (Phi) is 7.98. The van der Waals surface area contributed by atoms with Crippen molar-refractivity contribution in [1.82, 2.24) is 4.57 Å². The maximum atomic E-state index is 2.51. The molecule has 2 heterocycles. The van der Waals surface area contributed by atoms with Crippen molar-refractivity contribution >= 4 is 70.4 Å². The fourth-order valence-electron chi connectivity index (χ4n) is 11.1. The van der Waals surface area contributed by atoms with Crippen LogP contribution in [0.4, 0.5) is 17.1 Å². The van der Waals surface area contributed by atoms with Gasteiger partial charge in [-0.2, -0.15) is 0 Å². The zero-order valence-electron chi connectivity index (χ0n) is 34.3. The van der Waals surface area contributed by atoms with Gasteiger partial charge < -0.3 is 9.47 Å². The van der Waals surface area contributed by atoms with Gasteiger partial charge in [-0.05, 0) is 130 Å². The highest BCUT2D eigenvalue weighted by atomic mass is 32.1. The normalized spacial score (nSPS) is 14.0. The molecule has 0 saturated heterocycles. The molecule has 0 amide bonds. The minimum atomic E-state index is 0.155. The molecule has 3 heteroatoms. The molecule has 1 saturated carbocycles. The molecular weight excluding hydrogens is 769 g/mol. The molecule has 0 N–H and O–H groups in total. The van der Waals surface area contributed by atoms with Crippen molar-refractivity contribution in [2.24, 2.45) is 0 Å². The molecule has 0 unspecified atom stereocenters. The van der Waals surface area contributed by atoms with E-state index in [2.05, 4.69) is 216 Å². The number of para-hydroxylation sites is 2. The van der Waals surface area contributed by atoms with E-state index in [0.29, 0.717) is 0 Å². The Bertz CT molecular complexity index is 3510. The quantitative estimate of drug-likeness (QED) is 0.162. The van der Waals surface area contributed by atoms with Gasteiger partial charge in [-0.25, -0.2) is 0 Å². The van der Waals surface area contributed by atoms with Gasteiger partial charge in [0, 0.05) is 59.1 Å². The second-order valence-electron chi connectivity index (χ2n) is 17.2. The number of nitrogens with zero attached hydrogens (tertiary/aromatic N) is 2. The maximum Gasteiger partial charge on any atom is 0.0547 e. The van der Waals surface area contributed by atoms with Crippen molar-refractivity contribution < 1.29 is 0 Å². The summed E-state index contributed by atoms with van der Waals surface area (Å²) in [5.74, 6) is 0. The van der Waals surface area contributed by atoms with Gasteiger partial charge in [0.25, 0.3) is 0 Å². The van der Waals surface area contributed by atoms with Crippen LogP contribution in [-0.4, -0.2) is 4.57 Å². The van der Waals surface area contributed by atoms with Gasteiger partial charge in [0.2, 0.25) is 0 Å². The molecule has 13 rings (SSSR count). The van der Waals surface area contributed by atoms with Crippen molar-refractivity contribution in [3.63, 3.8) is 0 Å². The number of rotatable bonds is 6. The molecule has 9 aromatic carbocycles. The largest absolute Gasteiger partial charge is 0.310 e. The predicted molar refractivity (Wildman–Crippen MR) is 264 cm³/mol. The third-order valence-electron chi connectivity index (χ3n) is 14.0. The summed E-state index contributed by atoms with van der Waals surface area (Å²) in [4.78, 5) is 2.42. The van der Waals surface area contributed by atoms with Gasteiger partial charge in [0.05, 0.1) is 11.0 Å². The summed E-state index contributed by atoms with van der Waals surface area (Å²) in [7, 11) is 0. The van der Waals surface area contributed by atoms with E-state index in [4.69, 9.17) is 0 Å². The molecule has 0 aliphatic heterocycles. The second-order valence-corrected chi connectivity index (χ2v) is 18.3. The van der Waals surface area contributed by atoms with Crippen molar-refractivity contribution in [2.75, 3.05) is 4.90 Å². The topological polar surface area (TPSA) is 8.17 Å². The third kappa shape index (κ3) is 5.41. The number of thiophene rings is 1. The maximum absolute atomic E-state index is 2.51. The molecule has 0 radical (unpaired) electrons.